The smallest absolute Gasteiger partial charge is 0.262 e. The number of fused-ring (bicyclic) bond motifs is 1. The molecule has 0 atom stereocenters. The molecule has 8 heteroatoms. The van der Waals surface area contributed by atoms with Gasteiger partial charge < -0.3 is 20.1 Å². The minimum atomic E-state index is -0.307. The van der Waals surface area contributed by atoms with Crippen LogP contribution in [0.2, 0.25) is 10.0 Å². The van der Waals surface area contributed by atoms with Crippen molar-refractivity contribution < 1.29 is 19.1 Å². The van der Waals surface area contributed by atoms with E-state index in [2.05, 4.69) is 10.6 Å². The van der Waals surface area contributed by atoms with Gasteiger partial charge in [0.1, 0.15) is 11.5 Å². The van der Waals surface area contributed by atoms with Crippen molar-refractivity contribution >= 4 is 57.2 Å². The first kappa shape index (κ1) is 25.4. The van der Waals surface area contributed by atoms with Gasteiger partial charge in [0.2, 0.25) is 0 Å². The van der Waals surface area contributed by atoms with E-state index in [-0.39, 0.29) is 25.0 Å². The maximum absolute atomic E-state index is 12.6. The molecule has 184 valence electrons. The molecule has 0 radical (unpaired) electrons. The van der Waals surface area contributed by atoms with Gasteiger partial charge in [-0.25, -0.2) is 0 Å². The zero-order chi connectivity index (χ0) is 25.7. The first-order chi connectivity index (χ1) is 17.3. The van der Waals surface area contributed by atoms with Crippen molar-refractivity contribution in [2.24, 2.45) is 0 Å². The van der Waals surface area contributed by atoms with Crippen LogP contribution < -0.4 is 20.1 Å². The Morgan fingerprint density at radius 2 is 1.08 bits per heavy atom. The number of benzene rings is 4. The van der Waals surface area contributed by atoms with Crippen molar-refractivity contribution in [1.82, 2.24) is 0 Å². The summed E-state index contributed by atoms with van der Waals surface area (Å²) in [6.07, 6.45) is 0. The van der Waals surface area contributed by atoms with Crippen LogP contribution in [0.3, 0.4) is 0 Å². The summed E-state index contributed by atoms with van der Waals surface area (Å²) in [6.45, 7) is 3.41. The first-order valence-corrected chi connectivity index (χ1v) is 11.9. The van der Waals surface area contributed by atoms with Gasteiger partial charge in [0.05, 0.1) is 0 Å². The van der Waals surface area contributed by atoms with E-state index in [9.17, 15) is 9.59 Å². The second-order valence-electron chi connectivity index (χ2n) is 8.20. The Labute approximate surface area is 219 Å². The fourth-order valence-corrected chi connectivity index (χ4v) is 4.19. The lowest BCUT2D eigenvalue weighted by atomic mass is 10.1. The number of rotatable bonds is 8. The third-order valence-corrected chi connectivity index (χ3v) is 5.93. The van der Waals surface area contributed by atoms with Crippen LogP contribution in [-0.4, -0.2) is 25.0 Å². The minimum Gasteiger partial charge on any atom is -0.483 e. The number of anilines is 2. The van der Waals surface area contributed by atoms with E-state index < -0.39 is 0 Å². The molecular formula is C28H24Cl2N2O4. The third kappa shape index (κ3) is 6.27. The molecule has 0 unspecified atom stereocenters. The van der Waals surface area contributed by atoms with Gasteiger partial charge in [-0.2, -0.15) is 0 Å². The molecule has 0 fully saturated rings. The number of carbonyl (C=O) groups is 2. The summed E-state index contributed by atoms with van der Waals surface area (Å²) in [7, 11) is 0. The highest BCUT2D eigenvalue weighted by Gasteiger charge is 2.12. The predicted octanol–water partition coefficient (Wildman–Crippen LogP) is 6.80. The monoisotopic (exact) mass is 522 g/mol. The molecule has 0 spiro atoms. The standard InChI is InChI=1S/C28H24Cl2N2O4/c1-17-13-19(29)9-11-25(17)35-15-27(33)31-23-7-3-6-22-21(23)5-4-8-24(22)32-28(34)16-36-26-12-10-20(30)14-18(26)2/h3-14H,15-16H2,1-2H3,(H,31,33)(H,32,34). The zero-order valence-electron chi connectivity index (χ0n) is 19.7. The molecule has 0 saturated heterocycles. The number of ether oxygens (including phenoxy) is 2. The summed E-state index contributed by atoms with van der Waals surface area (Å²) in [5, 5.41) is 8.54. The van der Waals surface area contributed by atoms with Crippen molar-refractivity contribution in [3.05, 3.63) is 94.0 Å². The quantitative estimate of drug-likeness (QED) is 0.266. The zero-order valence-corrected chi connectivity index (χ0v) is 21.2. The molecule has 4 rings (SSSR count). The Bertz CT molecular complexity index is 1330. The van der Waals surface area contributed by atoms with E-state index in [0.29, 0.717) is 32.9 Å². The van der Waals surface area contributed by atoms with Crippen LogP contribution in [0.15, 0.2) is 72.8 Å². The van der Waals surface area contributed by atoms with E-state index in [1.54, 1.807) is 48.5 Å². The topological polar surface area (TPSA) is 76.7 Å². The molecular weight excluding hydrogens is 499 g/mol. The summed E-state index contributed by atoms with van der Waals surface area (Å²) in [6, 6.07) is 21.4. The molecule has 36 heavy (non-hydrogen) atoms. The number of carbonyl (C=O) groups excluding carboxylic acids is 2. The van der Waals surface area contributed by atoms with Crippen molar-refractivity contribution in [3.63, 3.8) is 0 Å². The van der Waals surface area contributed by atoms with Gasteiger partial charge in [0, 0.05) is 32.2 Å². The minimum absolute atomic E-state index is 0.156. The molecule has 4 aromatic rings. The van der Waals surface area contributed by atoms with Crippen LogP contribution in [0.1, 0.15) is 11.1 Å². The molecule has 0 aromatic heterocycles. The Morgan fingerprint density at radius 1 is 0.667 bits per heavy atom. The molecule has 0 bridgehead atoms. The van der Waals surface area contributed by atoms with Crippen molar-refractivity contribution in [1.29, 1.82) is 0 Å². The Hall–Kier alpha value is -3.74. The van der Waals surface area contributed by atoms with Crippen LogP contribution >= 0.6 is 23.2 Å². The largest absolute Gasteiger partial charge is 0.483 e. The second-order valence-corrected chi connectivity index (χ2v) is 9.07. The number of hydrogen-bond acceptors (Lipinski definition) is 4. The highest BCUT2D eigenvalue weighted by molar-refractivity contribution is 6.31. The SMILES string of the molecule is Cc1cc(Cl)ccc1OCC(=O)Nc1cccc2c(NC(=O)COc3ccc(Cl)cc3C)cccc12. The maximum Gasteiger partial charge on any atom is 0.262 e. The number of hydrogen-bond donors (Lipinski definition) is 2. The van der Waals surface area contributed by atoms with Crippen molar-refractivity contribution in [3.8, 4) is 11.5 Å². The third-order valence-electron chi connectivity index (χ3n) is 5.46. The average molecular weight is 523 g/mol. The van der Waals surface area contributed by atoms with Gasteiger partial charge in [0.25, 0.3) is 11.8 Å². The Balaban J connectivity index is 1.42. The molecule has 0 saturated carbocycles. The van der Waals surface area contributed by atoms with E-state index >= 15 is 0 Å². The van der Waals surface area contributed by atoms with Gasteiger partial charge in [-0.1, -0.05) is 47.5 Å². The summed E-state index contributed by atoms with van der Waals surface area (Å²) in [5.74, 6) is 0.568. The fraction of sp³-hybridized carbons (Fsp3) is 0.143. The van der Waals surface area contributed by atoms with Crippen molar-refractivity contribution in [2.45, 2.75) is 13.8 Å². The maximum atomic E-state index is 12.6. The van der Waals surface area contributed by atoms with Gasteiger partial charge in [-0.3, -0.25) is 9.59 Å². The predicted molar refractivity (Wildman–Crippen MR) is 145 cm³/mol. The molecule has 2 amide bonds. The summed E-state index contributed by atoms with van der Waals surface area (Å²) < 4.78 is 11.3. The van der Waals surface area contributed by atoms with Gasteiger partial charge in [-0.15, -0.1) is 0 Å². The molecule has 0 aliphatic heterocycles. The van der Waals surface area contributed by atoms with Crippen LogP contribution in [0.25, 0.3) is 10.8 Å². The lowest BCUT2D eigenvalue weighted by Gasteiger charge is -2.14. The van der Waals surface area contributed by atoms with E-state index in [1.165, 1.54) is 0 Å². The highest BCUT2D eigenvalue weighted by Crippen LogP contribution is 2.30. The molecule has 2 N–H and O–H groups in total. The Kier molecular flexibility index (Phi) is 7.98. The first-order valence-electron chi connectivity index (χ1n) is 11.2. The van der Waals surface area contributed by atoms with E-state index in [4.69, 9.17) is 32.7 Å². The Morgan fingerprint density at radius 3 is 1.47 bits per heavy atom. The van der Waals surface area contributed by atoms with Crippen molar-refractivity contribution in [2.75, 3.05) is 23.8 Å². The lowest BCUT2D eigenvalue weighted by molar-refractivity contribution is -0.118. The molecule has 6 nitrogen and oxygen atoms in total. The normalized spacial score (nSPS) is 10.7. The summed E-state index contributed by atoms with van der Waals surface area (Å²) in [4.78, 5) is 25.2. The lowest BCUT2D eigenvalue weighted by Crippen LogP contribution is -2.21. The number of nitrogens with one attached hydrogen (secondary N) is 2. The number of aryl methyl sites for hydroxylation is 2. The van der Waals surface area contributed by atoms with E-state index in [0.717, 1.165) is 21.9 Å². The van der Waals surface area contributed by atoms with Gasteiger partial charge in [0.15, 0.2) is 13.2 Å². The highest BCUT2D eigenvalue weighted by atomic mass is 35.5. The average Bonchev–Trinajstić information content (AvgIpc) is 2.83. The van der Waals surface area contributed by atoms with Gasteiger partial charge >= 0.3 is 0 Å². The molecule has 0 aliphatic carbocycles. The molecule has 0 heterocycles. The molecule has 0 aliphatic rings. The number of amides is 2. The van der Waals surface area contributed by atoms with Crippen LogP contribution in [-0.2, 0) is 9.59 Å². The second kappa shape index (κ2) is 11.3. The fourth-order valence-electron chi connectivity index (χ4n) is 3.74. The number of halogens is 2. The van der Waals surface area contributed by atoms with Crippen LogP contribution in [0.5, 0.6) is 11.5 Å². The summed E-state index contributed by atoms with van der Waals surface area (Å²) in [5.41, 5.74) is 2.91. The van der Waals surface area contributed by atoms with E-state index in [1.807, 2.05) is 38.1 Å². The van der Waals surface area contributed by atoms with Gasteiger partial charge in [-0.05, 0) is 73.5 Å². The van der Waals surface area contributed by atoms with Crippen LogP contribution in [0.4, 0.5) is 11.4 Å². The molecule has 4 aromatic carbocycles. The summed E-state index contributed by atoms with van der Waals surface area (Å²) >= 11 is 11.9. The van der Waals surface area contributed by atoms with Crippen LogP contribution in [0, 0.1) is 13.8 Å².